The van der Waals surface area contributed by atoms with E-state index in [1.165, 1.54) is 7.05 Å². The predicted octanol–water partition coefficient (Wildman–Crippen LogP) is 1.74. The van der Waals surface area contributed by atoms with E-state index in [9.17, 15) is 22.0 Å². The Bertz CT molecular complexity index is 1220. The molecule has 2 aliphatic rings. The maximum absolute atomic E-state index is 13.9. The van der Waals surface area contributed by atoms with Crippen molar-refractivity contribution in [2.45, 2.75) is 30.6 Å². The lowest BCUT2D eigenvalue weighted by molar-refractivity contribution is 0.0983. The van der Waals surface area contributed by atoms with Crippen LogP contribution >= 0.6 is 0 Å². The van der Waals surface area contributed by atoms with Gasteiger partial charge >= 0.3 is 0 Å². The van der Waals surface area contributed by atoms with Crippen molar-refractivity contribution < 1.29 is 26.7 Å². The standard InChI is InChI=1S/C20H20F2N4O4S/c1-20-13-7-11(8-15(27)18-14(22)9-12(21)10-24-18)3-4-16(13)30-6-5-17(20)31(28,29)26(2)19(23)25-20/h3-4,7,9-10,17H,5-6,8H2,1-2H3,(H2,23,25)/t17-,20+/m0/s1. The van der Waals surface area contributed by atoms with E-state index in [-0.39, 0.29) is 25.4 Å². The van der Waals surface area contributed by atoms with Crippen LogP contribution in [-0.4, -0.2) is 48.4 Å². The second kappa shape index (κ2) is 7.26. The number of pyridine rings is 1. The Labute approximate surface area is 177 Å². The third kappa shape index (κ3) is 3.42. The maximum atomic E-state index is 13.9. The molecule has 0 saturated carbocycles. The molecule has 164 valence electrons. The molecule has 2 aliphatic heterocycles. The molecule has 1 aromatic heterocycles. The number of fused-ring (bicyclic) bond motifs is 3. The zero-order valence-corrected chi connectivity index (χ0v) is 17.6. The van der Waals surface area contributed by atoms with Crippen molar-refractivity contribution in [3.05, 3.63) is 58.9 Å². The topological polar surface area (TPSA) is 115 Å². The Morgan fingerprint density at radius 3 is 2.81 bits per heavy atom. The van der Waals surface area contributed by atoms with Crippen LogP contribution in [0.4, 0.5) is 8.78 Å². The number of nitrogens with two attached hydrogens (primary N) is 1. The van der Waals surface area contributed by atoms with Crippen LogP contribution in [0.1, 0.15) is 35.0 Å². The summed E-state index contributed by atoms with van der Waals surface area (Å²) in [5.74, 6) is -2.29. The van der Waals surface area contributed by atoms with Gasteiger partial charge in [-0.2, -0.15) is 0 Å². The Hall–Kier alpha value is -3.08. The van der Waals surface area contributed by atoms with Crippen molar-refractivity contribution in [1.82, 2.24) is 9.29 Å². The minimum atomic E-state index is -3.79. The van der Waals surface area contributed by atoms with E-state index in [1.807, 2.05) is 0 Å². The molecule has 0 unspecified atom stereocenters. The first-order chi connectivity index (χ1) is 14.5. The average molecular weight is 450 g/mol. The van der Waals surface area contributed by atoms with Crippen LogP contribution < -0.4 is 10.5 Å². The Morgan fingerprint density at radius 2 is 2.10 bits per heavy atom. The largest absolute Gasteiger partial charge is 0.493 e. The maximum Gasteiger partial charge on any atom is 0.242 e. The summed E-state index contributed by atoms with van der Waals surface area (Å²) in [6, 6.07) is 5.46. The number of hydrogen-bond donors (Lipinski definition) is 1. The van der Waals surface area contributed by atoms with Crippen molar-refractivity contribution in [3.8, 4) is 5.75 Å². The number of aliphatic imine (C=N–C) groups is 1. The van der Waals surface area contributed by atoms with Crippen molar-refractivity contribution >= 4 is 21.8 Å². The van der Waals surface area contributed by atoms with Gasteiger partial charge in [0, 0.05) is 31.5 Å². The monoisotopic (exact) mass is 450 g/mol. The molecule has 11 heteroatoms. The second-order valence-corrected chi connectivity index (χ2v) is 9.82. The zero-order chi connectivity index (χ0) is 22.6. The Balaban J connectivity index is 1.76. The summed E-state index contributed by atoms with van der Waals surface area (Å²) < 4.78 is 59.8. The molecule has 2 aromatic rings. The highest BCUT2D eigenvalue weighted by Gasteiger charge is 2.52. The molecule has 2 N–H and O–H groups in total. The molecule has 0 saturated heterocycles. The summed E-state index contributed by atoms with van der Waals surface area (Å²) in [6.45, 7) is 1.83. The second-order valence-electron chi connectivity index (χ2n) is 7.67. The minimum Gasteiger partial charge on any atom is -0.493 e. The summed E-state index contributed by atoms with van der Waals surface area (Å²) in [4.78, 5) is 20.6. The summed E-state index contributed by atoms with van der Waals surface area (Å²) in [5, 5.41) is -0.916. The molecule has 0 bridgehead atoms. The molecule has 0 fully saturated rings. The summed E-state index contributed by atoms with van der Waals surface area (Å²) in [7, 11) is -2.44. The van der Waals surface area contributed by atoms with Crippen LogP contribution in [-0.2, 0) is 22.0 Å². The third-order valence-corrected chi connectivity index (χ3v) is 8.07. The highest BCUT2D eigenvalue weighted by atomic mass is 32.2. The van der Waals surface area contributed by atoms with E-state index in [0.717, 1.165) is 10.5 Å². The van der Waals surface area contributed by atoms with Crippen molar-refractivity contribution in [1.29, 1.82) is 0 Å². The number of sulfonamides is 1. The number of aromatic nitrogens is 1. The van der Waals surface area contributed by atoms with Crippen LogP contribution in [0.25, 0.3) is 0 Å². The van der Waals surface area contributed by atoms with Gasteiger partial charge in [-0.3, -0.25) is 4.79 Å². The average Bonchev–Trinajstić information content (AvgIpc) is 2.83. The fourth-order valence-electron chi connectivity index (χ4n) is 4.03. The fourth-order valence-corrected chi connectivity index (χ4v) is 5.87. The van der Waals surface area contributed by atoms with Gasteiger partial charge in [-0.15, -0.1) is 0 Å². The van der Waals surface area contributed by atoms with E-state index in [1.54, 1.807) is 25.1 Å². The van der Waals surface area contributed by atoms with Gasteiger partial charge in [-0.25, -0.2) is 31.5 Å². The van der Waals surface area contributed by atoms with Gasteiger partial charge in [0.2, 0.25) is 16.0 Å². The lowest BCUT2D eigenvalue weighted by Gasteiger charge is -2.40. The number of ether oxygens (including phenoxy) is 1. The number of carbonyl (C=O) groups is 1. The number of benzene rings is 1. The third-order valence-electron chi connectivity index (χ3n) is 5.70. The number of carbonyl (C=O) groups excluding carboxylic acids is 1. The van der Waals surface area contributed by atoms with Crippen LogP contribution in [0.5, 0.6) is 5.75 Å². The summed E-state index contributed by atoms with van der Waals surface area (Å²) in [6.07, 6.45) is 0.747. The number of rotatable bonds is 3. The molecule has 1 aromatic carbocycles. The normalized spacial score (nSPS) is 24.3. The lowest BCUT2D eigenvalue weighted by atomic mass is 9.85. The van der Waals surface area contributed by atoms with E-state index < -0.39 is 43.9 Å². The number of guanidine groups is 1. The molecule has 31 heavy (non-hydrogen) atoms. The van der Waals surface area contributed by atoms with Crippen molar-refractivity contribution in [2.75, 3.05) is 13.7 Å². The predicted molar refractivity (Wildman–Crippen MR) is 108 cm³/mol. The first-order valence-electron chi connectivity index (χ1n) is 9.47. The Kier molecular flexibility index (Phi) is 4.95. The molecule has 0 amide bonds. The summed E-state index contributed by atoms with van der Waals surface area (Å²) >= 11 is 0. The van der Waals surface area contributed by atoms with Gasteiger partial charge in [0.1, 0.15) is 28.0 Å². The number of hydrogen-bond acceptors (Lipinski definition) is 7. The molecule has 0 radical (unpaired) electrons. The van der Waals surface area contributed by atoms with E-state index in [0.29, 0.717) is 22.9 Å². The van der Waals surface area contributed by atoms with E-state index >= 15 is 0 Å². The van der Waals surface area contributed by atoms with Crippen LogP contribution in [0.15, 0.2) is 35.5 Å². The van der Waals surface area contributed by atoms with Crippen LogP contribution in [0, 0.1) is 11.6 Å². The number of ketones is 1. The fraction of sp³-hybridized carbons (Fsp3) is 0.350. The van der Waals surface area contributed by atoms with Gasteiger partial charge in [0.15, 0.2) is 11.6 Å². The minimum absolute atomic E-state index is 0.148. The molecule has 8 nitrogen and oxygen atoms in total. The molecule has 0 aliphatic carbocycles. The molecular weight excluding hydrogens is 430 g/mol. The quantitative estimate of drug-likeness (QED) is 0.713. The first kappa shape index (κ1) is 21.2. The molecule has 3 heterocycles. The molecule has 0 spiro atoms. The Morgan fingerprint density at radius 1 is 1.35 bits per heavy atom. The smallest absolute Gasteiger partial charge is 0.242 e. The number of halogens is 2. The van der Waals surface area contributed by atoms with Gasteiger partial charge in [-0.1, -0.05) is 6.07 Å². The van der Waals surface area contributed by atoms with E-state index in [2.05, 4.69) is 9.98 Å². The SMILES string of the molecule is CN1C(N)=N[C@]2(C)c3cc(CC(=O)c4ncc(F)cc4F)ccc3OCC[C@@H]2S1(=O)=O. The van der Waals surface area contributed by atoms with Gasteiger partial charge in [0.05, 0.1) is 12.8 Å². The lowest BCUT2D eigenvalue weighted by Crippen LogP contribution is -2.56. The first-order valence-corrected chi connectivity index (χ1v) is 11.0. The highest BCUT2D eigenvalue weighted by molar-refractivity contribution is 7.90. The van der Waals surface area contributed by atoms with Crippen molar-refractivity contribution in [2.24, 2.45) is 10.7 Å². The zero-order valence-electron chi connectivity index (χ0n) is 16.8. The molecule has 4 rings (SSSR count). The molecular formula is C20H20F2N4O4S. The van der Waals surface area contributed by atoms with Gasteiger partial charge in [-0.05, 0) is 24.6 Å². The number of Topliss-reactive ketones (excluding diaryl/α,β-unsaturated/α-hetero) is 1. The van der Waals surface area contributed by atoms with E-state index in [4.69, 9.17) is 10.5 Å². The highest BCUT2D eigenvalue weighted by Crippen LogP contribution is 2.45. The number of nitrogens with zero attached hydrogens (tertiary/aromatic N) is 3. The van der Waals surface area contributed by atoms with Crippen LogP contribution in [0.3, 0.4) is 0 Å². The molecule has 2 atom stereocenters. The van der Waals surface area contributed by atoms with Gasteiger partial charge < -0.3 is 10.5 Å². The van der Waals surface area contributed by atoms with Crippen molar-refractivity contribution in [3.63, 3.8) is 0 Å². The summed E-state index contributed by atoms with van der Waals surface area (Å²) in [5.41, 5.74) is 5.13. The van der Waals surface area contributed by atoms with Gasteiger partial charge in [0.25, 0.3) is 0 Å². The van der Waals surface area contributed by atoms with Crippen LogP contribution in [0.2, 0.25) is 0 Å².